The van der Waals surface area contributed by atoms with Gasteiger partial charge >= 0.3 is 0 Å². The molecule has 0 unspecified atom stereocenters. The number of carbonyl (C=O) groups is 1. The summed E-state index contributed by atoms with van der Waals surface area (Å²) < 4.78 is 1.80. The summed E-state index contributed by atoms with van der Waals surface area (Å²) in [5.74, 6) is 0.922. The van der Waals surface area contributed by atoms with Gasteiger partial charge in [-0.2, -0.15) is 5.10 Å². The molecule has 5 heteroatoms. The molecule has 1 aliphatic carbocycles. The molecule has 0 radical (unpaired) electrons. The van der Waals surface area contributed by atoms with Gasteiger partial charge < -0.3 is 5.73 Å². The molecule has 1 fully saturated rings. The maximum atomic E-state index is 12.1. The van der Waals surface area contributed by atoms with E-state index in [0.29, 0.717) is 12.8 Å². The molecule has 0 saturated heterocycles. The summed E-state index contributed by atoms with van der Waals surface area (Å²) in [5.41, 5.74) is 5.96. The predicted molar refractivity (Wildman–Crippen MR) is 69.1 cm³/mol. The van der Waals surface area contributed by atoms with Crippen LogP contribution in [0.5, 0.6) is 0 Å². The zero-order valence-electron chi connectivity index (χ0n) is 11.2. The van der Waals surface area contributed by atoms with E-state index in [9.17, 15) is 4.79 Å². The fourth-order valence-corrected chi connectivity index (χ4v) is 2.72. The summed E-state index contributed by atoms with van der Waals surface area (Å²) in [7, 11) is 0. The lowest BCUT2D eigenvalue weighted by molar-refractivity contribution is -0.119. The summed E-state index contributed by atoms with van der Waals surface area (Å²) in [6, 6.07) is 0.230. The highest BCUT2D eigenvalue weighted by molar-refractivity contribution is 5.81. The van der Waals surface area contributed by atoms with Gasteiger partial charge in [-0.05, 0) is 26.7 Å². The van der Waals surface area contributed by atoms with Crippen LogP contribution in [0.3, 0.4) is 0 Å². The molecule has 100 valence electrons. The van der Waals surface area contributed by atoms with E-state index in [1.807, 2.05) is 13.8 Å². The van der Waals surface area contributed by atoms with E-state index >= 15 is 0 Å². The number of Topliss-reactive ketones (excluding diaryl/α,β-unsaturated/α-hetero) is 1. The average molecular weight is 250 g/mol. The van der Waals surface area contributed by atoms with Crippen LogP contribution in [0, 0.1) is 0 Å². The van der Waals surface area contributed by atoms with E-state index < -0.39 is 0 Å². The summed E-state index contributed by atoms with van der Waals surface area (Å²) in [4.78, 5) is 16.3. The van der Waals surface area contributed by atoms with E-state index in [1.165, 1.54) is 6.33 Å². The van der Waals surface area contributed by atoms with Gasteiger partial charge in [-0.1, -0.05) is 12.8 Å². The summed E-state index contributed by atoms with van der Waals surface area (Å²) in [6.07, 6.45) is 6.55. The normalized spacial score (nSPS) is 18.4. The minimum atomic E-state index is -0.264. The van der Waals surface area contributed by atoms with Crippen LogP contribution in [-0.4, -0.2) is 26.1 Å². The van der Waals surface area contributed by atoms with Crippen molar-refractivity contribution in [1.82, 2.24) is 14.8 Å². The van der Waals surface area contributed by atoms with Crippen molar-refractivity contribution in [1.29, 1.82) is 0 Å². The van der Waals surface area contributed by atoms with Crippen molar-refractivity contribution in [2.24, 2.45) is 5.73 Å². The van der Waals surface area contributed by atoms with E-state index in [2.05, 4.69) is 10.1 Å². The molecule has 1 heterocycles. The fourth-order valence-electron chi connectivity index (χ4n) is 2.72. The molecule has 0 aliphatic heterocycles. The van der Waals surface area contributed by atoms with Gasteiger partial charge in [0.25, 0.3) is 0 Å². The van der Waals surface area contributed by atoms with Crippen LogP contribution in [-0.2, 0) is 11.2 Å². The number of carbonyl (C=O) groups excluding carboxylic acids is 1. The Kier molecular flexibility index (Phi) is 3.80. The first-order valence-corrected chi connectivity index (χ1v) is 6.69. The second-order valence-corrected chi connectivity index (χ2v) is 5.68. The van der Waals surface area contributed by atoms with Crippen LogP contribution in [0.4, 0.5) is 0 Å². The molecular weight excluding hydrogens is 228 g/mol. The van der Waals surface area contributed by atoms with Crippen molar-refractivity contribution >= 4 is 5.78 Å². The van der Waals surface area contributed by atoms with E-state index in [1.54, 1.807) is 4.68 Å². The third-order valence-electron chi connectivity index (χ3n) is 3.64. The molecule has 18 heavy (non-hydrogen) atoms. The third kappa shape index (κ3) is 2.96. The Balaban J connectivity index is 1.96. The summed E-state index contributed by atoms with van der Waals surface area (Å²) in [5, 5.41) is 4.14. The van der Waals surface area contributed by atoms with Gasteiger partial charge in [-0.15, -0.1) is 0 Å². The van der Waals surface area contributed by atoms with Gasteiger partial charge in [0, 0.05) is 18.0 Å². The first-order valence-electron chi connectivity index (χ1n) is 6.69. The Bertz CT molecular complexity index is 418. The summed E-state index contributed by atoms with van der Waals surface area (Å²) in [6.45, 7) is 4.06. The predicted octanol–water partition coefficient (Wildman–Crippen LogP) is 1.63. The van der Waals surface area contributed by atoms with Crippen LogP contribution in [0.2, 0.25) is 0 Å². The number of rotatable bonds is 5. The molecule has 0 aromatic carbocycles. The number of aromatic nitrogens is 3. The maximum Gasteiger partial charge on any atom is 0.142 e. The van der Waals surface area contributed by atoms with E-state index in [4.69, 9.17) is 5.73 Å². The molecule has 1 aliphatic rings. The average Bonchev–Trinajstić information content (AvgIpc) is 2.87. The minimum Gasteiger partial charge on any atom is -0.325 e. The number of hydrogen-bond acceptors (Lipinski definition) is 4. The van der Waals surface area contributed by atoms with Crippen LogP contribution in [0.1, 0.15) is 57.8 Å². The van der Waals surface area contributed by atoms with Crippen molar-refractivity contribution in [2.75, 3.05) is 0 Å². The van der Waals surface area contributed by atoms with Crippen molar-refractivity contribution < 1.29 is 4.79 Å². The molecule has 1 aromatic heterocycles. The molecule has 0 atom stereocenters. The van der Waals surface area contributed by atoms with Gasteiger partial charge in [-0.25, -0.2) is 9.67 Å². The summed E-state index contributed by atoms with van der Waals surface area (Å²) >= 11 is 0. The Morgan fingerprint density at radius 1 is 1.50 bits per heavy atom. The monoisotopic (exact) mass is 250 g/mol. The highest BCUT2D eigenvalue weighted by Crippen LogP contribution is 2.30. The van der Waals surface area contributed by atoms with Gasteiger partial charge in [0.1, 0.15) is 17.9 Å². The highest BCUT2D eigenvalue weighted by Gasteiger charge is 2.31. The second-order valence-electron chi connectivity index (χ2n) is 5.68. The standard InChI is InChI=1S/C13H22N4O/c1-10(2)17-12(15-9-16-17)7-11(18)8-13(14)5-3-4-6-13/h9-10H,3-8,14H2,1-2H3. The third-order valence-corrected chi connectivity index (χ3v) is 3.64. The van der Waals surface area contributed by atoms with Gasteiger partial charge in [0.05, 0.1) is 6.42 Å². The molecule has 1 aromatic rings. The van der Waals surface area contributed by atoms with Crippen molar-refractivity contribution in [3.05, 3.63) is 12.2 Å². The van der Waals surface area contributed by atoms with Gasteiger partial charge in [0.15, 0.2) is 0 Å². The lowest BCUT2D eigenvalue weighted by Gasteiger charge is -2.22. The zero-order chi connectivity index (χ0) is 13.2. The first-order chi connectivity index (χ1) is 8.50. The van der Waals surface area contributed by atoms with Crippen LogP contribution in [0.25, 0.3) is 0 Å². The highest BCUT2D eigenvalue weighted by atomic mass is 16.1. The van der Waals surface area contributed by atoms with Gasteiger partial charge in [0.2, 0.25) is 0 Å². The number of nitrogens with zero attached hydrogens (tertiary/aromatic N) is 3. The van der Waals surface area contributed by atoms with Crippen LogP contribution in [0.15, 0.2) is 6.33 Å². The Hall–Kier alpha value is -1.23. The van der Waals surface area contributed by atoms with Gasteiger partial charge in [-0.3, -0.25) is 4.79 Å². The molecule has 2 rings (SSSR count). The topological polar surface area (TPSA) is 73.8 Å². The number of hydrogen-bond donors (Lipinski definition) is 1. The number of nitrogens with two attached hydrogens (primary N) is 1. The fraction of sp³-hybridized carbons (Fsp3) is 0.769. The molecule has 0 bridgehead atoms. The minimum absolute atomic E-state index is 0.175. The Labute approximate surface area is 108 Å². The molecule has 2 N–H and O–H groups in total. The van der Waals surface area contributed by atoms with Crippen molar-refractivity contribution in [3.63, 3.8) is 0 Å². The van der Waals surface area contributed by atoms with Crippen molar-refractivity contribution in [2.45, 2.75) is 64.0 Å². The number of ketones is 1. The largest absolute Gasteiger partial charge is 0.325 e. The van der Waals surface area contributed by atoms with Crippen LogP contribution < -0.4 is 5.73 Å². The molecule has 0 amide bonds. The Morgan fingerprint density at radius 2 is 2.17 bits per heavy atom. The van der Waals surface area contributed by atoms with Crippen molar-refractivity contribution in [3.8, 4) is 0 Å². The smallest absolute Gasteiger partial charge is 0.142 e. The maximum absolute atomic E-state index is 12.1. The molecule has 1 saturated carbocycles. The van der Waals surface area contributed by atoms with Crippen LogP contribution >= 0.6 is 0 Å². The SMILES string of the molecule is CC(C)n1ncnc1CC(=O)CC1(N)CCCC1. The lowest BCUT2D eigenvalue weighted by Crippen LogP contribution is -2.39. The second kappa shape index (κ2) is 5.18. The zero-order valence-corrected chi connectivity index (χ0v) is 11.2. The molecular formula is C13H22N4O. The molecule has 0 spiro atoms. The van der Waals surface area contributed by atoms with E-state index in [0.717, 1.165) is 31.5 Å². The van der Waals surface area contributed by atoms with E-state index in [-0.39, 0.29) is 17.4 Å². The first kappa shape index (κ1) is 13.2. The quantitative estimate of drug-likeness (QED) is 0.862. The molecule has 5 nitrogen and oxygen atoms in total. The Morgan fingerprint density at radius 3 is 2.78 bits per heavy atom. The lowest BCUT2D eigenvalue weighted by atomic mass is 9.91.